The molecule has 2 aromatic carbocycles. The van der Waals surface area contributed by atoms with E-state index in [-0.39, 0.29) is 17.3 Å². The summed E-state index contributed by atoms with van der Waals surface area (Å²) < 4.78 is 13.8. The van der Waals surface area contributed by atoms with Gasteiger partial charge in [-0.1, -0.05) is 51.1 Å². The van der Waals surface area contributed by atoms with Crippen LogP contribution in [0.5, 0.6) is 0 Å². The molecule has 2 aromatic rings. The minimum atomic E-state index is -0.273. The van der Waals surface area contributed by atoms with Crippen LogP contribution in [0.25, 0.3) is 0 Å². The van der Waals surface area contributed by atoms with Crippen LogP contribution >= 0.6 is 15.9 Å². The van der Waals surface area contributed by atoms with Gasteiger partial charge in [0.25, 0.3) is 0 Å². The third-order valence-electron chi connectivity index (χ3n) is 3.41. The average molecular weight is 336 g/mol. The van der Waals surface area contributed by atoms with Crippen LogP contribution in [0.4, 0.5) is 4.39 Å². The Hall–Kier alpha value is -1.19. The van der Waals surface area contributed by atoms with Crippen molar-refractivity contribution in [3.63, 3.8) is 0 Å². The number of hydrogen-bond donors (Lipinski definition) is 1. The van der Waals surface area contributed by atoms with Crippen molar-refractivity contribution >= 4 is 15.9 Å². The molecule has 0 fully saturated rings. The maximum Gasteiger partial charge on any atom is 0.137 e. The smallest absolute Gasteiger partial charge is 0.137 e. The minimum absolute atomic E-state index is 0.0193. The zero-order valence-corrected chi connectivity index (χ0v) is 13.5. The molecule has 0 amide bonds. The van der Waals surface area contributed by atoms with E-state index in [0.717, 1.165) is 11.1 Å². The Morgan fingerprint density at radius 2 is 1.75 bits per heavy atom. The predicted octanol–water partition coefficient (Wildman–Crippen LogP) is 4.93. The maximum absolute atomic E-state index is 13.3. The number of halogens is 2. The SMILES string of the molecule is CC(C)(C)c1ccccc1C(N)c1ccc(F)c(Br)c1. The second-order valence-electron chi connectivity index (χ2n) is 5.99. The van der Waals surface area contributed by atoms with Gasteiger partial charge in [0.1, 0.15) is 5.82 Å². The molecule has 0 aromatic heterocycles. The van der Waals surface area contributed by atoms with Gasteiger partial charge in [-0.05, 0) is 50.2 Å². The topological polar surface area (TPSA) is 26.0 Å². The molecule has 3 heteroatoms. The van der Waals surface area contributed by atoms with Crippen molar-refractivity contribution in [1.82, 2.24) is 0 Å². The molecule has 0 aliphatic rings. The van der Waals surface area contributed by atoms with Crippen molar-refractivity contribution in [3.05, 3.63) is 69.4 Å². The van der Waals surface area contributed by atoms with E-state index in [1.165, 1.54) is 11.6 Å². The van der Waals surface area contributed by atoms with Crippen LogP contribution in [-0.2, 0) is 5.41 Å². The molecule has 2 N–H and O–H groups in total. The van der Waals surface area contributed by atoms with Gasteiger partial charge in [-0.15, -0.1) is 0 Å². The molecule has 2 rings (SSSR count). The third-order valence-corrected chi connectivity index (χ3v) is 4.01. The Morgan fingerprint density at radius 1 is 1.10 bits per heavy atom. The van der Waals surface area contributed by atoms with Gasteiger partial charge in [-0.3, -0.25) is 0 Å². The first kappa shape index (κ1) is 15.2. The normalized spacial score (nSPS) is 13.3. The zero-order valence-electron chi connectivity index (χ0n) is 12.0. The summed E-state index contributed by atoms with van der Waals surface area (Å²) in [6, 6.07) is 12.8. The first-order chi connectivity index (χ1) is 9.30. The van der Waals surface area contributed by atoms with E-state index >= 15 is 0 Å². The van der Waals surface area contributed by atoms with E-state index < -0.39 is 0 Å². The Bertz CT molecular complexity index is 617. The quantitative estimate of drug-likeness (QED) is 0.826. The Labute approximate surface area is 128 Å². The van der Waals surface area contributed by atoms with E-state index in [4.69, 9.17) is 5.73 Å². The summed E-state index contributed by atoms with van der Waals surface area (Å²) in [6.07, 6.45) is 0. The fourth-order valence-corrected chi connectivity index (χ4v) is 2.73. The predicted molar refractivity (Wildman–Crippen MR) is 85.3 cm³/mol. The molecule has 0 saturated carbocycles. The van der Waals surface area contributed by atoms with Crippen molar-refractivity contribution in [3.8, 4) is 0 Å². The molecule has 1 nitrogen and oxygen atoms in total. The Balaban J connectivity index is 2.48. The van der Waals surface area contributed by atoms with Crippen LogP contribution in [0, 0.1) is 5.82 Å². The first-order valence-corrected chi connectivity index (χ1v) is 7.40. The van der Waals surface area contributed by atoms with Crippen molar-refractivity contribution in [1.29, 1.82) is 0 Å². The molecular formula is C17H19BrFN. The number of hydrogen-bond acceptors (Lipinski definition) is 1. The number of benzene rings is 2. The molecule has 20 heavy (non-hydrogen) atoms. The molecule has 0 aliphatic carbocycles. The van der Waals surface area contributed by atoms with Crippen LogP contribution in [0.15, 0.2) is 46.9 Å². The fourth-order valence-electron chi connectivity index (χ4n) is 2.34. The lowest BCUT2D eigenvalue weighted by Crippen LogP contribution is -2.20. The minimum Gasteiger partial charge on any atom is -0.320 e. The third kappa shape index (κ3) is 3.10. The zero-order chi connectivity index (χ0) is 14.9. The number of rotatable bonds is 2. The largest absolute Gasteiger partial charge is 0.320 e. The van der Waals surface area contributed by atoms with E-state index in [1.807, 2.05) is 18.2 Å². The second-order valence-corrected chi connectivity index (χ2v) is 6.84. The van der Waals surface area contributed by atoms with E-state index in [1.54, 1.807) is 12.1 Å². The van der Waals surface area contributed by atoms with Crippen LogP contribution in [0.3, 0.4) is 0 Å². The summed E-state index contributed by atoms with van der Waals surface area (Å²) in [5.41, 5.74) is 9.60. The molecule has 0 saturated heterocycles. The van der Waals surface area contributed by atoms with Gasteiger partial charge in [0.05, 0.1) is 10.5 Å². The summed E-state index contributed by atoms with van der Waals surface area (Å²) in [4.78, 5) is 0. The first-order valence-electron chi connectivity index (χ1n) is 6.60. The number of nitrogens with two attached hydrogens (primary N) is 1. The molecule has 1 atom stereocenters. The van der Waals surface area contributed by atoms with Gasteiger partial charge in [0.2, 0.25) is 0 Å². The summed E-state index contributed by atoms with van der Waals surface area (Å²) in [6.45, 7) is 6.50. The van der Waals surface area contributed by atoms with E-state index in [9.17, 15) is 4.39 Å². The highest BCUT2D eigenvalue weighted by Crippen LogP contribution is 2.32. The summed E-state index contributed by atoms with van der Waals surface area (Å²) in [7, 11) is 0. The fraction of sp³-hybridized carbons (Fsp3) is 0.294. The van der Waals surface area contributed by atoms with Crippen LogP contribution in [-0.4, -0.2) is 0 Å². The van der Waals surface area contributed by atoms with Crippen LogP contribution in [0.2, 0.25) is 0 Å². The van der Waals surface area contributed by atoms with Gasteiger partial charge in [-0.25, -0.2) is 4.39 Å². The summed E-state index contributed by atoms with van der Waals surface area (Å²) >= 11 is 3.21. The van der Waals surface area contributed by atoms with Crippen molar-refractivity contribution in [2.45, 2.75) is 32.2 Å². The molecule has 0 heterocycles. The summed E-state index contributed by atoms with van der Waals surface area (Å²) in [5.74, 6) is -0.273. The molecule has 0 spiro atoms. The Kier molecular flexibility index (Phi) is 4.31. The van der Waals surface area contributed by atoms with Gasteiger partial charge in [-0.2, -0.15) is 0 Å². The maximum atomic E-state index is 13.3. The molecule has 0 aliphatic heterocycles. The van der Waals surface area contributed by atoms with Crippen molar-refractivity contribution < 1.29 is 4.39 Å². The Morgan fingerprint density at radius 3 is 2.35 bits per heavy atom. The lowest BCUT2D eigenvalue weighted by Gasteiger charge is -2.26. The highest BCUT2D eigenvalue weighted by atomic mass is 79.9. The molecule has 0 radical (unpaired) electrons. The van der Waals surface area contributed by atoms with Gasteiger partial charge >= 0.3 is 0 Å². The summed E-state index contributed by atoms with van der Waals surface area (Å²) in [5, 5.41) is 0. The lowest BCUT2D eigenvalue weighted by molar-refractivity contribution is 0.577. The monoisotopic (exact) mass is 335 g/mol. The van der Waals surface area contributed by atoms with Gasteiger partial charge < -0.3 is 5.73 Å². The van der Waals surface area contributed by atoms with Gasteiger partial charge in [0.15, 0.2) is 0 Å². The standard InChI is InChI=1S/C17H19BrFN/c1-17(2,3)13-7-5-4-6-12(13)16(20)11-8-9-15(19)14(18)10-11/h4-10,16H,20H2,1-3H3. The van der Waals surface area contributed by atoms with Crippen molar-refractivity contribution in [2.24, 2.45) is 5.73 Å². The highest BCUT2D eigenvalue weighted by molar-refractivity contribution is 9.10. The molecular weight excluding hydrogens is 317 g/mol. The second kappa shape index (κ2) is 5.66. The van der Waals surface area contributed by atoms with E-state index in [0.29, 0.717) is 4.47 Å². The van der Waals surface area contributed by atoms with Crippen LogP contribution in [0.1, 0.15) is 43.5 Å². The van der Waals surface area contributed by atoms with E-state index in [2.05, 4.69) is 42.8 Å². The van der Waals surface area contributed by atoms with Gasteiger partial charge in [0, 0.05) is 0 Å². The van der Waals surface area contributed by atoms with Crippen LogP contribution < -0.4 is 5.73 Å². The lowest BCUT2D eigenvalue weighted by atomic mass is 9.81. The molecule has 106 valence electrons. The van der Waals surface area contributed by atoms with Crippen molar-refractivity contribution in [2.75, 3.05) is 0 Å². The molecule has 0 bridgehead atoms. The highest BCUT2D eigenvalue weighted by Gasteiger charge is 2.21. The molecule has 1 unspecified atom stereocenters. The average Bonchev–Trinajstić information content (AvgIpc) is 2.40.